The summed E-state index contributed by atoms with van der Waals surface area (Å²) in [5, 5.41) is 13.9. The molecule has 1 heterocycles. The van der Waals surface area contributed by atoms with Gasteiger partial charge in [-0.2, -0.15) is 0 Å². The van der Waals surface area contributed by atoms with Crippen molar-refractivity contribution in [3.8, 4) is 5.75 Å². The first kappa shape index (κ1) is 20.2. The second-order valence-electron chi connectivity index (χ2n) is 6.87. The van der Waals surface area contributed by atoms with Crippen molar-refractivity contribution in [2.45, 2.75) is 45.4 Å². The molecular formula is C19H29N3O4. The number of nitro benzene ring substituents is 1. The molecule has 0 saturated carbocycles. The van der Waals surface area contributed by atoms with Gasteiger partial charge in [-0.3, -0.25) is 14.9 Å². The molecule has 1 atom stereocenters. The standard InChI is InChI=1S/C19H29N3O4/c1-3-5-15-6-4-11-21(12-9-15)13-10-19(23)20-17-8-7-16(26-2)14-18(17)22(24)25/h7-8,14-15H,3-6,9-13H2,1-2H3,(H,20,23). The summed E-state index contributed by atoms with van der Waals surface area (Å²) < 4.78 is 5.01. The molecule has 144 valence electrons. The fraction of sp³-hybridized carbons (Fsp3) is 0.632. The van der Waals surface area contributed by atoms with Crippen molar-refractivity contribution in [2.75, 3.05) is 32.1 Å². The van der Waals surface area contributed by atoms with Crippen LogP contribution < -0.4 is 10.1 Å². The van der Waals surface area contributed by atoms with Crippen molar-refractivity contribution in [3.63, 3.8) is 0 Å². The average Bonchev–Trinajstić information content (AvgIpc) is 2.86. The van der Waals surface area contributed by atoms with E-state index in [0.717, 1.165) is 19.0 Å². The Morgan fingerprint density at radius 1 is 1.38 bits per heavy atom. The van der Waals surface area contributed by atoms with Crippen molar-refractivity contribution >= 4 is 17.3 Å². The van der Waals surface area contributed by atoms with E-state index in [9.17, 15) is 14.9 Å². The molecular weight excluding hydrogens is 334 g/mol. The largest absolute Gasteiger partial charge is 0.496 e. The molecule has 1 fully saturated rings. The fourth-order valence-electron chi connectivity index (χ4n) is 3.51. The minimum atomic E-state index is -0.513. The van der Waals surface area contributed by atoms with Crippen molar-refractivity contribution in [1.29, 1.82) is 0 Å². The quantitative estimate of drug-likeness (QED) is 0.560. The number of carbonyl (C=O) groups excluding carboxylic acids is 1. The van der Waals surface area contributed by atoms with E-state index in [1.54, 1.807) is 6.07 Å². The van der Waals surface area contributed by atoms with Crippen LogP contribution in [0.2, 0.25) is 0 Å². The summed E-state index contributed by atoms with van der Waals surface area (Å²) in [7, 11) is 1.45. The molecule has 0 spiro atoms. The number of rotatable bonds is 8. The van der Waals surface area contributed by atoms with Crippen LogP contribution in [0.1, 0.15) is 45.4 Å². The highest BCUT2D eigenvalue weighted by atomic mass is 16.6. The molecule has 1 N–H and O–H groups in total. The molecule has 1 aliphatic rings. The van der Waals surface area contributed by atoms with Crippen molar-refractivity contribution in [1.82, 2.24) is 4.90 Å². The van der Waals surface area contributed by atoms with Crippen LogP contribution in [0.4, 0.5) is 11.4 Å². The van der Waals surface area contributed by atoms with Gasteiger partial charge in [-0.1, -0.05) is 19.8 Å². The number of hydrogen-bond acceptors (Lipinski definition) is 5. The van der Waals surface area contributed by atoms with E-state index in [-0.39, 0.29) is 17.3 Å². The summed E-state index contributed by atoms with van der Waals surface area (Å²) >= 11 is 0. The van der Waals surface area contributed by atoms with E-state index < -0.39 is 4.92 Å². The first-order chi connectivity index (χ1) is 12.5. The zero-order valence-electron chi connectivity index (χ0n) is 15.7. The number of nitrogens with zero attached hydrogens (tertiary/aromatic N) is 2. The van der Waals surface area contributed by atoms with Crippen LogP contribution in [0.15, 0.2) is 18.2 Å². The molecule has 1 aliphatic heterocycles. The van der Waals surface area contributed by atoms with Crippen LogP contribution in [0, 0.1) is 16.0 Å². The van der Waals surface area contributed by atoms with Gasteiger partial charge < -0.3 is 15.0 Å². The first-order valence-corrected chi connectivity index (χ1v) is 9.38. The van der Waals surface area contributed by atoms with E-state index >= 15 is 0 Å². The second kappa shape index (κ2) is 10.1. The third-order valence-corrected chi connectivity index (χ3v) is 4.97. The monoisotopic (exact) mass is 363 g/mol. The lowest BCUT2D eigenvalue weighted by Gasteiger charge is -2.19. The Morgan fingerprint density at radius 2 is 2.19 bits per heavy atom. The topological polar surface area (TPSA) is 84.7 Å². The molecule has 2 rings (SSSR count). The predicted molar refractivity (Wildman–Crippen MR) is 102 cm³/mol. The molecule has 7 nitrogen and oxygen atoms in total. The van der Waals surface area contributed by atoms with Gasteiger partial charge in [0.05, 0.1) is 18.1 Å². The number of hydrogen-bond donors (Lipinski definition) is 1. The van der Waals surface area contributed by atoms with Gasteiger partial charge in [-0.25, -0.2) is 0 Å². The van der Waals surface area contributed by atoms with Gasteiger partial charge in [0, 0.05) is 13.0 Å². The number of nitrogens with one attached hydrogen (secondary N) is 1. The summed E-state index contributed by atoms with van der Waals surface area (Å²) in [5.41, 5.74) is 0.0505. The minimum absolute atomic E-state index is 0.158. The molecule has 0 radical (unpaired) electrons. The Bertz CT molecular complexity index is 621. The van der Waals surface area contributed by atoms with Crippen LogP contribution in [-0.2, 0) is 4.79 Å². The van der Waals surface area contributed by atoms with E-state index in [0.29, 0.717) is 18.7 Å². The van der Waals surface area contributed by atoms with Crippen molar-refractivity contribution < 1.29 is 14.5 Å². The fourth-order valence-corrected chi connectivity index (χ4v) is 3.51. The Labute approximate surface area is 154 Å². The summed E-state index contributed by atoms with van der Waals surface area (Å²) in [4.78, 5) is 25.3. The van der Waals surface area contributed by atoms with Gasteiger partial charge in [0.1, 0.15) is 11.4 Å². The van der Waals surface area contributed by atoms with Gasteiger partial charge in [-0.15, -0.1) is 0 Å². The molecule has 7 heteroatoms. The van der Waals surface area contributed by atoms with Crippen molar-refractivity contribution in [3.05, 3.63) is 28.3 Å². The normalized spacial score (nSPS) is 18.2. The number of methoxy groups -OCH3 is 1. The maximum absolute atomic E-state index is 12.2. The number of anilines is 1. The number of carbonyl (C=O) groups is 1. The lowest BCUT2D eigenvalue weighted by atomic mass is 9.96. The number of likely N-dealkylation sites (tertiary alicyclic amines) is 1. The smallest absolute Gasteiger partial charge is 0.296 e. The van der Waals surface area contributed by atoms with E-state index in [2.05, 4.69) is 17.1 Å². The molecule has 0 bridgehead atoms. The SMILES string of the molecule is CCCC1CCCN(CCC(=O)Nc2ccc(OC)cc2[N+](=O)[O-])CC1. The zero-order chi connectivity index (χ0) is 18.9. The number of ether oxygens (including phenoxy) is 1. The maximum Gasteiger partial charge on any atom is 0.296 e. The predicted octanol–water partition coefficient (Wildman–Crippen LogP) is 3.83. The highest BCUT2D eigenvalue weighted by Crippen LogP contribution is 2.29. The molecule has 1 aromatic rings. The second-order valence-corrected chi connectivity index (χ2v) is 6.87. The lowest BCUT2D eigenvalue weighted by molar-refractivity contribution is -0.384. The molecule has 1 saturated heterocycles. The highest BCUT2D eigenvalue weighted by Gasteiger charge is 2.19. The summed E-state index contributed by atoms with van der Waals surface area (Å²) in [6, 6.07) is 4.43. The Morgan fingerprint density at radius 3 is 2.88 bits per heavy atom. The van der Waals surface area contributed by atoms with Crippen LogP contribution >= 0.6 is 0 Å². The Kier molecular flexibility index (Phi) is 7.84. The number of amides is 1. The molecule has 26 heavy (non-hydrogen) atoms. The number of benzene rings is 1. The van der Waals surface area contributed by atoms with Gasteiger partial charge in [-0.05, 0) is 50.4 Å². The minimum Gasteiger partial charge on any atom is -0.496 e. The highest BCUT2D eigenvalue weighted by molar-refractivity contribution is 5.93. The molecule has 1 aromatic carbocycles. The van der Waals surface area contributed by atoms with Crippen LogP contribution in [0.25, 0.3) is 0 Å². The van der Waals surface area contributed by atoms with E-state index in [1.807, 2.05) is 0 Å². The maximum atomic E-state index is 12.2. The average molecular weight is 363 g/mol. The molecule has 1 amide bonds. The van der Waals surface area contributed by atoms with Crippen LogP contribution in [0.3, 0.4) is 0 Å². The third kappa shape index (κ3) is 5.98. The van der Waals surface area contributed by atoms with Gasteiger partial charge in [0.25, 0.3) is 5.69 Å². The molecule has 0 aliphatic carbocycles. The van der Waals surface area contributed by atoms with Gasteiger partial charge in [0.2, 0.25) is 5.91 Å². The van der Waals surface area contributed by atoms with Gasteiger partial charge in [0.15, 0.2) is 0 Å². The third-order valence-electron chi connectivity index (χ3n) is 4.97. The lowest BCUT2D eigenvalue weighted by Crippen LogP contribution is -2.29. The zero-order valence-corrected chi connectivity index (χ0v) is 15.7. The summed E-state index contributed by atoms with van der Waals surface area (Å²) in [6.45, 7) is 4.97. The first-order valence-electron chi connectivity index (χ1n) is 9.38. The summed E-state index contributed by atoms with van der Waals surface area (Å²) in [6.07, 6.45) is 6.50. The Balaban J connectivity index is 1.86. The molecule has 1 unspecified atom stereocenters. The van der Waals surface area contributed by atoms with Gasteiger partial charge >= 0.3 is 0 Å². The van der Waals surface area contributed by atoms with E-state index in [1.165, 1.54) is 51.3 Å². The van der Waals surface area contributed by atoms with Crippen molar-refractivity contribution in [2.24, 2.45) is 5.92 Å². The Hall–Kier alpha value is -2.15. The molecule has 0 aromatic heterocycles. The summed E-state index contributed by atoms with van der Waals surface area (Å²) in [5.74, 6) is 0.995. The van der Waals surface area contributed by atoms with Crippen LogP contribution in [-0.4, -0.2) is 42.5 Å². The van der Waals surface area contributed by atoms with Crippen LogP contribution in [0.5, 0.6) is 5.75 Å². The van der Waals surface area contributed by atoms with E-state index in [4.69, 9.17) is 4.74 Å². The number of nitro groups is 1.